The Morgan fingerprint density at radius 3 is 2.31 bits per heavy atom. The molecule has 0 spiro atoms. The van der Waals surface area contributed by atoms with E-state index in [4.69, 9.17) is 0 Å². The SMILES string of the molecule is CCCCCCCCN[Si]C(C)(CC)c1ccc2c(c1)C(C)(C)c1ccccc1-2. The Kier molecular flexibility index (Phi) is 7.40. The van der Waals surface area contributed by atoms with Gasteiger partial charge in [-0.1, -0.05) is 109 Å². The first kappa shape index (κ1) is 22.3. The molecule has 1 aliphatic carbocycles. The number of unbranched alkanes of at least 4 members (excludes halogenated alkanes) is 5. The summed E-state index contributed by atoms with van der Waals surface area (Å²) >= 11 is 0. The maximum Gasteiger partial charge on any atom is 0.150 e. The van der Waals surface area contributed by atoms with E-state index in [-0.39, 0.29) is 10.5 Å². The van der Waals surface area contributed by atoms with Crippen molar-refractivity contribution in [3.63, 3.8) is 0 Å². The van der Waals surface area contributed by atoms with Crippen LogP contribution in [0.15, 0.2) is 42.5 Å². The standard InChI is InChI=1S/C27H39NSi/c1-6-8-9-10-11-14-19-28-29-27(5,7-2)21-17-18-23-22-15-12-13-16-24(22)26(3,4)25(23)20-21/h12-13,15-18,20,28H,6-11,14,19H2,1-5H3. The summed E-state index contributed by atoms with van der Waals surface area (Å²) in [4.78, 5) is 3.80. The van der Waals surface area contributed by atoms with E-state index in [1.165, 1.54) is 72.8 Å². The molecule has 0 amide bonds. The molecule has 0 aliphatic heterocycles. The molecule has 29 heavy (non-hydrogen) atoms. The lowest BCUT2D eigenvalue weighted by atomic mass is 9.81. The largest absolute Gasteiger partial charge is 0.339 e. The maximum absolute atomic E-state index is 3.80. The fourth-order valence-corrected chi connectivity index (χ4v) is 5.83. The maximum atomic E-state index is 3.80. The summed E-state index contributed by atoms with van der Waals surface area (Å²) < 4.78 is 0. The molecule has 0 saturated carbocycles. The van der Waals surface area contributed by atoms with Crippen molar-refractivity contribution in [2.75, 3.05) is 6.54 Å². The highest BCUT2D eigenvalue weighted by atomic mass is 28.2. The Balaban J connectivity index is 1.67. The molecule has 0 heterocycles. The normalized spacial score (nSPS) is 16.3. The van der Waals surface area contributed by atoms with Crippen LogP contribution in [-0.4, -0.2) is 16.2 Å². The number of rotatable bonds is 11. The zero-order chi connectivity index (χ0) is 20.9. The lowest BCUT2D eigenvalue weighted by molar-refractivity contribution is 0.589. The van der Waals surface area contributed by atoms with E-state index in [0.717, 1.165) is 16.2 Å². The second-order valence-corrected chi connectivity index (χ2v) is 11.1. The highest BCUT2D eigenvalue weighted by molar-refractivity contribution is 6.37. The molecule has 1 aliphatic rings. The minimum absolute atomic E-state index is 0.0889. The predicted molar refractivity (Wildman–Crippen MR) is 129 cm³/mol. The number of hydrogen-bond acceptors (Lipinski definition) is 1. The van der Waals surface area contributed by atoms with Crippen molar-refractivity contribution >= 4 is 9.68 Å². The van der Waals surface area contributed by atoms with E-state index in [1.54, 1.807) is 0 Å². The fourth-order valence-electron chi connectivity index (χ4n) is 4.66. The third-order valence-corrected chi connectivity index (χ3v) is 8.57. The van der Waals surface area contributed by atoms with E-state index in [1.807, 2.05) is 0 Å². The molecule has 2 aromatic rings. The lowest BCUT2D eigenvalue weighted by Gasteiger charge is -2.30. The van der Waals surface area contributed by atoms with E-state index in [0.29, 0.717) is 0 Å². The molecule has 1 nitrogen and oxygen atoms in total. The number of fused-ring (bicyclic) bond motifs is 3. The molecule has 1 N–H and O–H groups in total. The molecular weight excluding hydrogens is 366 g/mol. The molecule has 1 unspecified atom stereocenters. The van der Waals surface area contributed by atoms with Crippen LogP contribution >= 0.6 is 0 Å². The van der Waals surface area contributed by atoms with Gasteiger partial charge in [0.05, 0.1) is 0 Å². The van der Waals surface area contributed by atoms with Crippen molar-refractivity contribution in [1.82, 2.24) is 4.98 Å². The molecule has 0 fully saturated rings. The van der Waals surface area contributed by atoms with E-state index < -0.39 is 0 Å². The zero-order valence-electron chi connectivity index (χ0n) is 19.2. The first-order valence-electron chi connectivity index (χ1n) is 11.7. The molecule has 1 atom stereocenters. The molecular formula is C27H39NSi. The summed E-state index contributed by atoms with van der Waals surface area (Å²) in [5.41, 5.74) is 7.39. The predicted octanol–water partition coefficient (Wildman–Crippen LogP) is 7.19. The van der Waals surface area contributed by atoms with Crippen molar-refractivity contribution in [3.8, 4) is 11.1 Å². The van der Waals surface area contributed by atoms with Gasteiger partial charge in [-0.25, -0.2) is 0 Å². The van der Waals surface area contributed by atoms with Crippen LogP contribution in [0.25, 0.3) is 11.1 Å². The van der Waals surface area contributed by atoms with E-state index in [2.05, 4.69) is 82.1 Å². The smallest absolute Gasteiger partial charge is 0.150 e. The van der Waals surface area contributed by atoms with E-state index in [9.17, 15) is 0 Å². The van der Waals surface area contributed by atoms with Crippen molar-refractivity contribution in [2.24, 2.45) is 0 Å². The van der Waals surface area contributed by atoms with Gasteiger partial charge >= 0.3 is 0 Å². The topological polar surface area (TPSA) is 12.0 Å². The second kappa shape index (κ2) is 9.62. The Morgan fingerprint density at radius 1 is 0.862 bits per heavy atom. The van der Waals surface area contributed by atoms with Gasteiger partial charge < -0.3 is 4.98 Å². The Morgan fingerprint density at radius 2 is 1.55 bits per heavy atom. The van der Waals surface area contributed by atoms with Gasteiger partial charge in [-0.2, -0.15) is 0 Å². The second-order valence-electron chi connectivity index (χ2n) is 9.44. The highest BCUT2D eigenvalue weighted by Gasteiger charge is 2.36. The van der Waals surface area contributed by atoms with Crippen LogP contribution in [0.1, 0.15) is 96.3 Å². The summed E-state index contributed by atoms with van der Waals surface area (Å²) in [6.07, 6.45) is 9.36. The van der Waals surface area contributed by atoms with Gasteiger partial charge in [0, 0.05) is 5.41 Å². The van der Waals surface area contributed by atoms with Gasteiger partial charge in [0.15, 0.2) is 9.68 Å². The quantitative estimate of drug-likeness (QED) is 0.308. The average molecular weight is 406 g/mol. The minimum Gasteiger partial charge on any atom is -0.339 e. The van der Waals surface area contributed by atoms with Crippen molar-refractivity contribution in [3.05, 3.63) is 59.2 Å². The third kappa shape index (κ3) is 4.69. The molecule has 0 aromatic heterocycles. The van der Waals surface area contributed by atoms with Crippen molar-refractivity contribution in [2.45, 2.75) is 90.0 Å². The molecule has 2 aromatic carbocycles. The van der Waals surface area contributed by atoms with Crippen LogP contribution in [0.4, 0.5) is 0 Å². The summed E-state index contributed by atoms with van der Waals surface area (Å²) in [7, 11) is 0.772. The van der Waals surface area contributed by atoms with Crippen LogP contribution < -0.4 is 4.98 Å². The van der Waals surface area contributed by atoms with Gasteiger partial charge in [-0.3, -0.25) is 0 Å². The van der Waals surface area contributed by atoms with Gasteiger partial charge in [-0.15, -0.1) is 0 Å². The number of nitrogens with one attached hydrogen (secondary N) is 1. The zero-order valence-corrected chi connectivity index (χ0v) is 20.2. The van der Waals surface area contributed by atoms with E-state index >= 15 is 0 Å². The summed E-state index contributed by atoms with van der Waals surface area (Å²) in [6, 6.07) is 16.2. The molecule has 3 rings (SSSR count). The van der Waals surface area contributed by atoms with Crippen LogP contribution in [-0.2, 0) is 10.5 Å². The minimum atomic E-state index is 0.0889. The first-order valence-corrected chi connectivity index (χ1v) is 12.7. The van der Waals surface area contributed by atoms with Crippen molar-refractivity contribution in [1.29, 1.82) is 0 Å². The van der Waals surface area contributed by atoms with Crippen molar-refractivity contribution < 1.29 is 0 Å². The van der Waals surface area contributed by atoms with Crippen LogP contribution in [0, 0.1) is 0 Å². The average Bonchev–Trinajstić information content (AvgIpc) is 2.97. The molecule has 0 saturated heterocycles. The van der Waals surface area contributed by atoms with Gasteiger partial charge in [-0.05, 0) is 52.2 Å². The van der Waals surface area contributed by atoms with Gasteiger partial charge in [0.2, 0.25) is 0 Å². The Labute approximate surface area is 181 Å². The highest BCUT2D eigenvalue weighted by Crippen LogP contribution is 2.49. The summed E-state index contributed by atoms with van der Waals surface area (Å²) in [6.45, 7) is 13.0. The molecule has 156 valence electrons. The lowest BCUT2D eigenvalue weighted by Crippen LogP contribution is -2.39. The summed E-state index contributed by atoms with van der Waals surface area (Å²) in [5.74, 6) is 0. The number of benzene rings is 2. The monoisotopic (exact) mass is 405 g/mol. The fraction of sp³-hybridized carbons (Fsp3) is 0.556. The Hall–Kier alpha value is -1.38. The molecule has 2 radical (unpaired) electrons. The number of hydrogen-bond donors (Lipinski definition) is 1. The first-order chi connectivity index (χ1) is 13.9. The van der Waals surface area contributed by atoms with Crippen LogP contribution in [0.2, 0.25) is 0 Å². The Bertz CT molecular complexity index is 810. The molecule has 2 heteroatoms. The van der Waals surface area contributed by atoms with Gasteiger partial charge in [0.1, 0.15) is 0 Å². The third-order valence-electron chi connectivity index (χ3n) is 6.95. The molecule has 0 bridgehead atoms. The van der Waals surface area contributed by atoms with Crippen LogP contribution in [0.5, 0.6) is 0 Å². The van der Waals surface area contributed by atoms with Crippen LogP contribution in [0.3, 0.4) is 0 Å². The van der Waals surface area contributed by atoms with Gasteiger partial charge in [0.25, 0.3) is 0 Å². The summed E-state index contributed by atoms with van der Waals surface area (Å²) in [5, 5.41) is 0.210.